The van der Waals surface area contributed by atoms with Crippen molar-refractivity contribution < 1.29 is 13.2 Å². The molecule has 90 valence electrons. The number of para-hydroxylation sites is 1. The van der Waals surface area contributed by atoms with E-state index in [0.29, 0.717) is 18.7 Å². The molecule has 1 aromatic carbocycles. The van der Waals surface area contributed by atoms with Gasteiger partial charge in [-0.1, -0.05) is 12.1 Å². The van der Waals surface area contributed by atoms with Gasteiger partial charge in [-0.3, -0.25) is 4.79 Å². The molecule has 1 aromatic rings. The highest BCUT2D eigenvalue weighted by Crippen LogP contribution is 2.33. The first-order valence-electron chi connectivity index (χ1n) is 5.52. The largest absolute Gasteiger partial charge is 0.323 e. The van der Waals surface area contributed by atoms with Crippen molar-refractivity contribution in [3.63, 3.8) is 0 Å². The van der Waals surface area contributed by atoms with Crippen LogP contribution in [0.15, 0.2) is 29.2 Å². The van der Waals surface area contributed by atoms with Gasteiger partial charge in [-0.05, 0) is 25.0 Å². The minimum atomic E-state index is -3.54. The van der Waals surface area contributed by atoms with Gasteiger partial charge in [-0.2, -0.15) is 4.31 Å². The first-order valence-corrected chi connectivity index (χ1v) is 6.96. The van der Waals surface area contributed by atoms with E-state index in [9.17, 15) is 13.2 Å². The number of sulfonamides is 1. The molecule has 1 fully saturated rings. The lowest BCUT2D eigenvalue weighted by molar-refractivity contribution is -0.119. The van der Waals surface area contributed by atoms with Crippen LogP contribution in [0.4, 0.5) is 5.69 Å². The number of carbonyl (C=O) groups excluding carboxylic acids is 1. The van der Waals surface area contributed by atoms with Crippen LogP contribution in [0, 0.1) is 0 Å². The highest BCUT2D eigenvalue weighted by Gasteiger charge is 2.42. The van der Waals surface area contributed by atoms with Gasteiger partial charge in [-0.15, -0.1) is 0 Å². The Morgan fingerprint density at radius 2 is 2.06 bits per heavy atom. The molecule has 2 heterocycles. The van der Waals surface area contributed by atoms with E-state index in [4.69, 9.17) is 0 Å². The fraction of sp³-hybridized carbons (Fsp3) is 0.364. The third kappa shape index (κ3) is 1.48. The summed E-state index contributed by atoms with van der Waals surface area (Å²) in [5, 5.41) is 2.69. The fourth-order valence-corrected chi connectivity index (χ4v) is 4.23. The topological polar surface area (TPSA) is 66.5 Å². The fourth-order valence-electron chi connectivity index (χ4n) is 2.43. The second-order valence-corrected chi connectivity index (χ2v) is 6.12. The Balaban J connectivity index is 2.23. The average molecular weight is 252 g/mol. The minimum Gasteiger partial charge on any atom is -0.323 e. The number of hydrogen-bond donors (Lipinski definition) is 1. The van der Waals surface area contributed by atoms with Gasteiger partial charge < -0.3 is 5.32 Å². The van der Waals surface area contributed by atoms with E-state index in [1.165, 1.54) is 10.4 Å². The summed E-state index contributed by atoms with van der Waals surface area (Å²) in [6, 6.07) is 5.98. The maximum absolute atomic E-state index is 12.4. The maximum Gasteiger partial charge on any atom is 0.245 e. The van der Waals surface area contributed by atoms with E-state index < -0.39 is 16.1 Å². The van der Waals surface area contributed by atoms with Gasteiger partial charge in [0.05, 0.1) is 5.69 Å². The molecule has 1 saturated heterocycles. The normalized spacial score (nSPS) is 26.8. The van der Waals surface area contributed by atoms with Crippen LogP contribution < -0.4 is 5.32 Å². The van der Waals surface area contributed by atoms with Crippen molar-refractivity contribution >= 4 is 21.6 Å². The van der Waals surface area contributed by atoms with Crippen molar-refractivity contribution in [1.82, 2.24) is 4.31 Å². The van der Waals surface area contributed by atoms with E-state index in [1.807, 2.05) is 0 Å². The molecule has 3 rings (SSSR count). The van der Waals surface area contributed by atoms with Gasteiger partial charge in [-0.25, -0.2) is 8.42 Å². The van der Waals surface area contributed by atoms with Gasteiger partial charge in [0.25, 0.3) is 0 Å². The van der Waals surface area contributed by atoms with Crippen LogP contribution in [0.25, 0.3) is 0 Å². The van der Waals surface area contributed by atoms with Crippen LogP contribution in [0.1, 0.15) is 12.8 Å². The lowest BCUT2D eigenvalue weighted by Gasteiger charge is -2.18. The van der Waals surface area contributed by atoms with Crippen molar-refractivity contribution in [2.24, 2.45) is 0 Å². The number of rotatable bonds is 0. The minimum absolute atomic E-state index is 0.192. The second-order valence-electron chi connectivity index (χ2n) is 4.26. The van der Waals surface area contributed by atoms with Gasteiger partial charge in [0.2, 0.25) is 15.9 Å². The smallest absolute Gasteiger partial charge is 0.245 e. The Hall–Kier alpha value is -1.40. The predicted octanol–water partition coefficient (Wildman–Crippen LogP) is 0.792. The number of amides is 1. The molecule has 5 nitrogen and oxygen atoms in total. The molecule has 1 N–H and O–H groups in total. The second kappa shape index (κ2) is 3.54. The average Bonchev–Trinajstić information content (AvgIpc) is 2.76. The molecule has 17 heavy (non-hydrogen) atoms. The summed E-state index contributed by atoms with van der Waals surface area (Å²) in [4.78, 5) is 12.1. The van der Waals surface area contributed by atoms with Crippen LogP contribution in [-0.4, -0.2) is 31.2 Å². The lowest BCUT2D eigenvalue weighted by atomic mass is 10.2. The molecule has 0 aromatic heterocycles. The van der Waals surface area contributed by atoms with Crippen molar-refractivity contribution in [3.8, 4) is 0 Å². The summed E-state index contributed by atoms with van der Waals surface area (Å²) in [6.45, 7) is 0.425. The number of anilines is 1. The van der Waals surface area contributed by atoms with Gasteiger partial charge >= 0.3 is 0 Å². The number of hydrogen-bond acceptors (Lipinski definition) is 3. The zero-order chi connectivity index (χ0) is 12.0. The van der Waals surface area contributed by atoms with Crippen molar-refractivity contribution in [1.29, 1.82) is 0 Å². The molecule has 2 aliphatic rings. The van der Waals surface area contributed by atoms with Crippen LogP contribution in [0.3, 0.4) is 0 Å². The Morgan fingerprint density at radius 3 is 2.88 bits per heavy atom. The predicted molar refractivity (Wildman–Crippen MR) is 62.0 cm³/mol. The van der Waals surface area contributed by atoms with Crippen LogP contribution in [-0.2, 0) is 14.8 Å². The molecule has 6 heteroatoms. The molecule has 2 aliphatic heterocycles. The first-order chi connectivity index (χ1) is 8.10. The SMILES string of the molecule is O=C1Nc2ccccc2S(=O)(=O)N2CCC[C@@H]12. The zero-order valence-electron chi connectivity index (χ0n) is 9.09. The highest BCUT2D eigenvalue weighted by atomic mass is 32.2. The highest BCUT2D eigenvalue weighted by molar-refractivity contribution is 7.89. The Morgan fingerprint density at radius 1 is 1.29 bits per heavy atom. The summed E-state index contributed by atoms with van der Waals surface area (Å²) in [5.74, 6) is -0.226. The molecule has 0 saturated carbocycles. The van der Waals surface area contributed by atoms with E-state index in [0.717, 1.165) is 6.42 Å². The lowest BCUT2D eigenvalue weighted by Crippen LogP contribution is -2.40. The summed E-state index contributed by atoms with van der Waals surface area (Å²) in [5.41, 5.74) is 0.381. The maximum atomic E-state index is 12.4. The quantitative estimate of drug-likeness (QED) is 0.742. The Labute approximate surface area is 99.5 Å². The Kier molecular flexibility index (Phi) is 2.24. The molecular weight excluding hydrogens is 240 g/mol. The van der Waals surface area contributed by atoms with Crippen molar-refractivity contribution in [3.05, 3.63) is 24.3 Å². The molecule has 1 atom stereocenters. The number of benzene rings is 1. The summed E-state index contributed by atoms with van der Waals surface area (Å²) in [7, 11) is -3.54. The van der Waals surface area contributed by atoms with E-state index in [-0.39, 0.29) is 10.8 Å². The van der Waals surface area contributed by atoms with E-state index >= 15 is 0 Å². The van der Waals surface area contributed by atoms with E-state index in [1.54, 1.807) is 18.2 Å². The Bertz CT molecular complexity index is 582. The molecule has 0 bridgehead atoms. The molecular formula is C11H12N2O3S. The summed E-state index contributed by atoms with van der Waals surface area (Å²) < 4.78 is 26.1. The third-order valence-corrected chi connectivity index (χ3v) is 5.20. The summed E-state index contributed by atoms with van der Waals surface area (Å²) in [6.07, 6.45) is 1.33. The van der Waals surface area contributed by atoms with Gasteiger partial charge in [0.1, 0.15) is 10.9 Å². The summed E-state index contributed by atoms with van der Waals surface area (Å²) >= 11 is 0. The number of carbonyl (C=O) groups is 1. The standard InChI is InChI=1S/C11H12N2O3S/c14-11-9-5-3-7-13(9)17(15,16)10-6-2-1-4-8(10)12-11/h1-2,4,6,9H,3,5,7H2,(H,12,14)/t9-/m0/s1. The monoisotopic (exact) mass is 252 g/mol. The zero-order valence-corrected chi connectivity index (χ0v) is 9.90. The number of nitrogens with one attached hydrogen (secondary N) is 1. The molecule has 0 unspecified atom stereocenters. The van der Waals surface area contributed by atoms with E-state index in [2.05, 4.69) is 5.32 Å². The molecule has 1 amide bonds. The van der Waals surface area contributed by atoms with Crippen molar-refractivity contribution in [2.75, 3.05) is 11.9 Å². The molecule has 0 spiro atoms. The van der Waals surface area contributed by atoms with Crippen LogP contribution >= 0.6 is 0 Å². The molecule has 0 aliphatic carbocycles. The number of fused-ring (bicyclic) bond motifs is 2. The van der Waals surface area contributed by atoms with Crippen LogP contribution in [0.5, 0.6) is 0 Å². The van der Waals surface area contributed by atoms with Gasteiger partial charge in [0, 0.05) is 6.54 Å². The first kappa shape index (κ1) is 10.7. The van der Waals surface area contributed by atoms with Gasteiger partial charge in [0.15, 0.2) is 0 Å². The van der Waals surface area contributed by atoms with Crippen molar-refractivity contribution in [2.45, 2.75) is 23.8 Å². The molecule has 0 radical (unpaired) electrons. The van der Waals surface area contributed by atoms with Crippen LogP contribution in [0.2, 0.25) is 0 Å². The number of nitrogens with zero attached hydrogens (tertiary/aromatic N) is 1. The third-order valence-electron chi connectivity index (χ3n) is 3.24.